The van der Waals surface area contributed by atoms with Crippen molar-refractivity contribution >= 4 is 22.8 Å². The first-order chi connectivity index (χ1) is 8.79. The molecule has 2 rings (SSSR count). The van der Waals surface area contributed by atoms with Crippen molar-refractivity contribution in [1.29, 1.82) is 0 Å². The molecular weight excluding hydrogens is 242 g/mol. The largest absolute Gasteiger partial charge is 0.378 e. The molecule has 2 aromatic heterocycles. The van der Waals surface area contributed by atoms with Crippen LogP contribution in [0.1, 0.15) is 31.9 Å². The molecule has 0 aliphatic carbocycles. The second-order valence-corrected chi connectivity index (χ2v) is 5.06. The molecule has 18 heavy (non-hydrogen) atoms. The normalized spacial score (nSPS) is 12.1. The van der Waals surface area contributed by atoms with Gasteiger partial charge >= 0.3 is 0 Å². The monoisotopic (exact) mass is 261 g/mol. The van der Waals surface area contributed by atoms with Crippen molar-refractivity contribution in [2.45, 2.75) is 26.3 Å². The van der Waals surface area contributed by atoms with Crippen LogP contribution in [0.5, 0.6) is 0 Å². The molecule has 0 aromatic carbocycles. The zero-order chi connectivity index (χ0) is 12.8. The molecule has 0 aliphatic rings. The van der Waals surface area contributed by atoms with Gasteiger partial charge in [-0.25, -0.2) is 4.98 Å². The third-order valence-electron chi connectivity index (χ3n) is 2.74. The standard InChI is InChI=1S/C14H19N3S/c1-3-6-15-14-9-13(4-7-16-14)17-11(2)12-5-8-18-10-12/h4-5,7-11H,3,6H2,1-2H3,(H2,15,16,17). The van der Waals surface area contributed by atoms with Crippen LogP contribution in [0.3, 0.4) is 0 Å². The highest BCUT2D eigenvalue weighted by molar-refractivity contribution is 7.07. The minimum absolute atomic E-state index is 0.317. The fraction of sp³-hybridized carbons (Fsp3) is 0.357. The zero-order valence-corrected chi connectivity index (χ0v) is 11.6. The van der Waals surface area contributed by atoms with Gasteiger partial charge in [-0.15, -0.1) is 0 Å². The van der Waals surface area contributed by atoms with E-state index < -0.39 is 0 Å². The average Bonchev–Trinajstić information content (AvgIpc) is 2.91. The van der Waals surface area contributed by atoms with Crippen molar-refractivity contribution in [3.05, 3.63) is 40.7 Å². The van der Waals surface area contributed by atoms with E-state index in [4.69, 9.17) is 0 Å². The topological polar surface area (TPSA) is 37.0 Å². The van der Waals surface area contributed by atoms with E-state index in [1.165, 1.54) is 5.56 Å². The van der Waals surface area contributed by atoms with Gasteiger partial charge < -0.3 is 10.6 Å². The summed E-state index contributed by atoms with van der Waals surface area (Å²) in [4.78, 5) is 4.30. The summed E-state index contributed by atoms with van der Waals surface area (Å²) < 4.78 is 0. The van der Waals surface area contributed by atoms with Gasteiger partial charge in [0.25, 0.3) is 0 Å². The quantitative estimate of drug-likeness (QED) is 0.820. The van der Waals surface area contributed by atoms with Crippen molar-refractivity contribution in [3.63, 3.8) is 0 Å². The molecular formula is C14H19N3S. The molecule has 3 nitrogen and oxygen atoms in total. The summed E-state index contributed by atoms with van der Waals surface area (Å²) >= 11 is 1.73. The number of nitrogens with one attached hydrogen (secondary N) is 2. The molecule has 0 aliphatic heterocycles. The third-order valence-corrected chi connectivity index (χ3v) is 3.44. The van der Waals surface area contributed by atoms with Crippen LogP contribution in [-0.4, -0.2) is 11.5 Å². The number of anilines is 2. The van der Waals surface area contributed by atoms with Crippen LogP contribution in [0, 0.1) is 0 Å². The highest BCUT2D eigenvalue weighted by Crippen LogP contribution is 2.22. The van der Waals surface area contributed by atoms with E-state index >= 15 is 0 Å². The van der Waals surface area contributed by atoms with Gasteiger partial charge in [0.15, 0.2) is 0 Å². The molecule has 1 unspecified atom stereocenters. The summed E-state index contributed by atoms with van der Waals surface area (Å²) in [6, 6.07) is 6.52. The number of nitrogens with zero attached hydrogens (tertiary/aromatic N) is 1. The summed E-state index contributed by atoms with van der Waals surface area (Å²) in [5.41, 5.74) is 2.42. The van der Waals surface area contributed by atoms with Crippen LogP contribution in [0.2, 0.25) is 0 Å². The molecule has 0 radical (unpaired) electrons. The first-order valence-corrected chi connectivity index (χ1v) is 7.22. The second kappa shape index (κ2) is 6.40. The molecule has 0 spiro atoms. The summed E-state index contributed by atoms with van der Waals surface area (Å²) in [6.07, 6.45) is 2.94. The van der Waals surface area contributed by atoms with Gasteiger partial charge in [-0.2, -0.15) is 11.3 Å². The van der Waals surface area contributed by atoms with Gasteiger partial charge in [-0.05, 0) is 41.8 Å². The fourth-order valence-electron chi connectivity index (χ4n) is 1.72. The number of hydrogen-bond acceptors (Lipinski definition) is 4. The van der Waals surface area contributed by atoms with Crippen molar-refractivity contribution in [2.24, 2.45) is 0 Å². The molecule has 96 valence electrons. The lowest BCUT2D eigenvalue weighted by Gasteiger charge is -2.14. The maximum atomic E-state index is 4.30. The summed E-state index contributed by atoms with van der Waals surface area (Å²) in [7, 11) is 0. The Labute approximate surface area is 112 Å². The van der Waals surface area contributed by atoms with Gasteiger partial charge in [0.05, 0.1) is 0 Å². The lowest BCUT2D eigenvalue weighted by atomic mass is 10.2. The molecule has 1 atom stereocenters. The Balaban J connectivity index is 2.00. The number of hydrogen-bond donors (Lipinski definition) is 2. The highest BCUT2D eigenvalue weighted by Gasteiger charge is 2.05. The van der Waals surface area contributed by atoms with E-state index in [0.717, 1.165) is 24.5 Å². The van der Waals surface area contributed by atoms with E-state index in [-0.39, 0.29) is 0 Å². The minimum Gasteiger partial charge on any atom is -0.378 e. The van der Waals surface area contributed by atoms with Crippen molar-refractivity contribution in [3.8, 4) is 0 Å². The highest BCUT2D eigenvalue weighted by atomic mass is 32.1. The van der Waals surface area contributed by atoms with E-state index in [0.29, 0.717) is 6.04 Å². The number of thiophene rings is 1. The number of rotatable bonds is 6. The van der Waals surface area contributed by atoms with E-state index in [1.54, 1.807) is 11.3 Å². The molecule has 2 heterocycles. The third kappa shape index (κ3) is 3.47. The van der Waals surface area contributed by atoms with E-state index in [9.17, 15) is 0 Å². The maximum absolute atomic E-state index is 4.30. The molecule has 4 heteroatoms. The van der Waals surface area contributed by atoms with Crippen molar-refractivity contribution in [2.75, 3.05) is 17.2 Å². The molecule has 0 saturated heterocycles. The van der Waals surface area contributed by atoms with Crippen LogP contribution in [-0.2, 0) is 0 Å². The Morgan fingerprint density at radius 1 is 1.39 bits per heavy atom. The average molecular weight is 261 g/mol. The van der Waals surface area contributed by atoms with Crippen molar-refractivity contribution in [1.82, 2.24) is 4.98 Å². The zero-order valence-electron chi connectivity index (χ0n) is 10.8. The first kappa shape index (κ1) is 12.9. The van der Waals surface area contributed by atoms with Crippen LogP contribution in [0.25, 0.3) is 0 Å². The Bertz CT molecular complexity index is 468. The van der Waals surface area contributed by atoms with Gasteiger partial charge in [0, 0.05) is 30.5 Å². The predicted octanol–water partition coefficient (Wildman–Crippen LogP) is 4.14. The van der Waals surface area contributed by atoms with E-state index in [2.05, 4.69) is 52.4 Å². The van der Waals surface area contributed by atoms with Gasteiger partial charge in [-0.1, -0.05) is 6.92 Å². The van der Waals surface area contributed by atoms with Crippen LogP contribution in [0.4, 0.5) is 11.5 Å². The Hall–Kier alpha value is -1.55. The number of aromatic nitrogens is 1. The van der Waals surface area contributed by atoms with E-state index in [1.807, 2.05) is 12.3 Å². The van der Waals surface area contributed by atoms with Gasteiger partial charge in [0.2, 0.25) is 0 Å². The lowest BCUT2D eigenvalue weighted by molar-refractivity contribution is 0.889. The molecule has 2 N–H and O–H groups in total. The molecule has 0 amide bonds. The van der Waals surface area contributed by atoms with Gasteiger partial charge in [0.1, 0.15) is 5.82 Å². The van der Waals surface area contributed by atoms with Gasteiger partial charge in [-0.3, -0.25) is 0 Å². The Morgan fingerprint density at radius 2 is 2.28 bits per heavy atom. The summed E-state index contributed by atoms with van der Waals surface area (Å²) in [5, 5.41) is 11.1. The number of pyridine rings is 1. The van der Waals surface area contributed by atoms with Crippen LogP contribution >= 0.6 is 11.3 Å². The Kier molecular flexibility index (Phi) is 4.59. The Morgan fingerprint density at radius 3 is 3.00 bits per heavy atom. The molecule has 0 bridgehead atoms. The van der Waals surface area contributed by atoms with Crippen molar-refractivity contribution < 1.29 is 0 Å². The first-order valence-electron chi connectivity index (χ1n) is 6.28. The fourth-order valence-corrected chi connectivity index (χ4v) is 2.48. The molecule has 2 aromatic rings. The SMILES string of the molecule is CCCNc1cc(NC(C)c2ccsc2)ccn1. The molecule has 0 fully saturated rings. The molecule has 0 saturated carbocycles. The predicted molar refractivity (Wildman–Crippen MR) is 79.4 cm³/mol. The minimum atomic E-state index is 0.317. The second-order valence-electron chi connectivity index (χ2n) is 4.28. The summed E-state index contributed by atoms with van der Waals surface area (Å²) in [5.74, 6) is 0.930. The maximum Gasteiger partial charge on any atom is 0.127 e. The lowest BCUT2D eigenvalue weighted by Crippen LogP contribution is -2.07. The van der Waals surface area contributed by atoms with Crippen LogP contribution in [0.15, 0.2) is 35.2 Å². The van der Waals surface area contributed by atoms with Crippen LogP contribution < -0.4 is 10.6 Å². The summed E-state index contributed by atoms with van der Waals surface area (Å²) in [6.45, 7) is 5.27. The smallest absolute Gasteiger partial charge is 0.127 e.